The highest BCUT2D eigenvalue weighted by molar-refractivity contribution is 8.00. The van der Waals surface area contributed by atoms with E-state index in [-0.39, 0.29) is 22.8 Å². The number of hydrogen-bond acceptors (Lipinski definition) is 5. The van der Waals surface area contributed by atoms with Crippen molar-refractivity contribution < 1.29 is 23.3 Å². The zero-order chi connectivity index (χ0) is 22.9. The molecule has 11 heteroatoms. The van der Waals surface area contributed by atoms with Gasteiger partial charge in [0.15, 0.2) is 0 Å². The van der Waals surface area contributed by atoms with Crippen LogP contribution in [0.1, 0.15) is 23.2 Å². The Balaban J connectivity index is 1.43. The number of likely N-dealkylation sites (tertiary alicyclic amines) is 1. The first-order chi connectivity index (χ1) is 15.3. The Morgan fingerprint density at radius 2 is 1.84 bits per heavy atom. The minimum atomic E-state index is -0.855. The number of nitrogens with zero attached hydrogens (tertiary/aromatic N) is 3. The summed E-state index contributed by atoms with van der Waals surface area (Å²) in [7, 11) is 0. The summed E-state index contributed by atoms with van der Waals surface area (Å²) in [5.41, 5.74) is 0.0127. The van der Waals surface area contributed by atoms with Crippen LogP contribution in [-0.2, 0) is 0 Å². The number of hydrogen-bond donors (Lipinski definition) is 1. The smallest absolute Gasteiger partial charge is 0.321 e. The molecule has 1 spiro atoms. The number of nitrogens with one attached hydrogen (secondary N) is 1. The molecule has 2 fully saturated rings. The minimum absolute atomic E-state index is 0.102. The van der Waals surface area contributed by atoms with Crippen LogP contribution < -0.4 is 5.32 Å². The normalized spacial score (nSPS) is 17.4. The van der Waals surface area contributed by atoms with Gasteiger partial charge in [0.05, 0.1) is 15.5 Å². The van der Waals surface area contributed by atoms with Gasteiger partial charge in [-0.05, 0) is 31.0 Å². The number of nitro benzene ring substituents is 1. The summed E-state index contributed by atoms with van der Waals surface area (Å²) in [4.78, 5) is 39.0. The van der Waals surface area contributed by atoms with Crippen LogP contribution in [0, 0.1) is 21.7 Å². The SMILES string of the molecule is O=C(Nc1ccc(F)cc1F)N1CCC2(CC1)SCCN2C(=O)c1cccc([N+](=O)[O-])c1. The Morgan fingerprint density at radius 3 is 2.53 bits per heavy atom. The molecule has 2 aliphatic rings. The third kappa shape index (κ3) is 4.24. The van der Waals surface area contributed by atoms with Crippen LogP contribution in [0.5, 0.6) is 0 Å². The first-order valence-electron chi connectivity index (χ1n) is 10.0. The molecule has 2 aliphatic heterocycles. The van der Waals surface area contributed by atoms with E-state index in [1.165, 1.54) is 29.2 Å². The van der Waals surface area contributed by atoms with Crippen LogP contribution in [0.15, 0.2) is 42.5 Å². The molecule has 8 nitrogen and oxygen atoms in total. The Kier molecular flexibility index (Phi) is 6.00. The number of piperidine rings is 1. The van der Waals surface area contributed by atoms with Crippen LogP contribution in [0.3, 0.4) is 0 Å². The Morgan fingerprint density at radius 1 is 1.09 bits per heavy atom. The molecule has 168 valence electrons. The molecule has 3 amide bonds. The van der Waals surface area contributed by atoms with E-state index in [0.717, 1.165) is 11.8 Å². The zero-order valence-electron chi connectivity index (χ0n) is 16.9. The number of urea groups is 1. The summed E-state index contributed by atoms with van der Waals surface area (Å²) in [5, 5.41) is 13.5. The number of rotatable bonds is 3. The second kappa shape index (κ2) is 8.73. The molecule has 0 unspecified atom stereocenters. The fourth-order valence-corrected chi connectivity index (χ4v) is 5.52. The fourth-order valence-electron chi connectivity index (χ4n) is 4.06. The number of halogens is 2. The van der Waals surface area contributed by atoms with Gasteiger partial charge in [0.2, 0.25) is 0 Å². The van der Waals surface area contributed by atoms with Gasteiger partial charge in [0, 0.05) is 49.1 Å². The lowest BCUT2D eigenvalue weighted by Gasteiger charge is -2.44. The highest BCUT2D eigenvalue weighted by atomic mass is 32.2. The summed E-state index contributed by atoms with van der Waals surface area (Å²) in [5.74, 6) is -1.13. The van der Waals surface area contributed by atoms with Crippen molar-refractivity contribution in [3.63, 3.8) is 0 Å². The van der Waals surface area contributed by atoms with Crippen molar-refractivity contribution in [1.82, 2.24) is 9.80 Å². The van der Waals surface area contributed by atoms with E-state index in [9.17, 15) is 28.5 Å². The third-order valence-corrected chi connectivity index (χ3v) is 7.28. The van der Waals surface area contributed by atoms with E-state index in [1.54, 1.807) is 22.7 Å². The van der Waals surface area contributed by atoms with Gasteiger partial charge in [-0.2, -0.15) is 0 Å². The number of thioether (sulfide) groups is 1. The van der Waals surface area contributed by atoms with Gasteiger partial charge in [-0.15, -0.1) is 11.8 Å². The Hall–Kier alpha value is -3.21. The zero-order valence-corrected chi connectivity index (χ0v) is 17.7. The molecule has 2 aromatic carbocycles. The molecule has 4 rings (SSSR count). The van der Waals surface area contributed by atoms with Crippen molar-refractivity contribution in [2.24, 2.45) is 0 Å². The first kappa shape index (κ1) is 22.0. The van der Waals surface area contributed by atoms with Gasteiger partial charge in [-0.3, -0.25) is 14.9 Å². The van der Waals surface area contributed by atoms with Crippen molar-refractivity contribution in [2.75, 3.05) is 30.7 Å². The van der Waals surface area contributed by atoms with Crippen LogP contribution in [0.4, 0.5) is 25.0 Å². The third-order valence-electron chi connectivity index (χ3n) is 5.73. The standard InChI is InChI=1S/C21H20F2N4O4S/c22-15-4-5-18(17(23)13-15)24-20(29)25-8-6-21(7-9-25)26(10-11-32-21)19(28)14-2-1-3-16(12-14)27(30)31/h1-5,12-13H,6-11H2,(H,24,29). The molecule has 0 bridgehead atoms. The first-order valence-corrected chi connectivity index (χ1v) is 11.0. The lowest BCUT2D eigenvalue weighted by molar-refractivity contribution is -0.384. The highest BCUT2D eigenvalue weighted by Crippen LogP contribution is 2.44. The molecular formula is C21H20F2N4O4S. The molecule has 0 aromatic heterocycles. The Labute approximate surface area is 186 Å². The summed E-state index contributed by atoms with van der Waals surface area (Å²) < 4.78 is 26.9. The van der Waals surface area contributed by atoms with Crippen molar-refractivity contribution in [2.45, 2.75) is 17.7 Å². The predicted molar refractivity (Wildman–Crippen MR) is 116 cm³/mol. The second-order valence-electron chi connectivity index (χ2n) is 7.60. The maximum atomic E-state index is 13.8. The van der Waals surface area contributed by atoms with Crippen LogP contribution in [-0.4, -0.2) is 56.9 Å². The number of non-ortho nitro benzene ring substituents is 1. The monoisotopic (exact) mass is 462 g/mol. The molecule has 32 heavy (non-hydrogen) atoms. The summed E-state index contributed by atoms with van der Waals surface area (Å²) in [6.45, 7) is 1.21. The number of carbonyl (C=O) groups excluding carboxylic acids is 2. The van der Waals surface area contributed by atoms with Crippen LogP contribution in [0.2, 0.25) is 0 Å². The number of anilines is 1. The molecule has 1 N–H and O–H groups in total. The van der Waals surface area contributed by atoms with Gasteiger partial charge < -0.3 is 15.1 Å². The second-order valence-corrected chi connectivity index (χ2v) is 9.06. The quantitative estimate of drug-likeness (QED) is 0.548. The summed E-state index contributed by atoms with van der Waals surface area (Å²) in [6.07, 6.45) is 1.02. The van der Waals surface area contributed by atoms with Crippen LogP contribution >= 0.6 is 11.8 Å². The van der Waals surface area contributed by atoms with E-state index in [2.05, 4.69) is 5.32 Å². The number of carbonyl (C=O) groups is 2. The molecule has 2 saturated heterocycles. The molecule has 2 heterocycles. The largest absolute Gasteiger partial charge is 0.324 e. The topological polar surface area (TPSA) is 95.8 Å². The average Bonchev–Trinajstić information content (AvgIpc) is 3.18. The molecule has 2 aromatic rings. The van der Waals surface area contributed by atoms with Gasteiger partial charge in [0.1, 0.15) is 11.6 Å². The predicted octanol–water partition coefficient (Wildman–Crippen LogP) is 4.09. The summed E-state index contributed by atoms with van der Waals surface area (Å²) >= 11 is 1.64. The van der Waals surface area contributed by atoms with Gasteiger partial charge in [-0.1, -0.05) is 6.07 Å². The number of benzene rings is 2. The fraction of sp³-hybridized carbons (Fsp3) is 0.333. The molecule has 0 atom stereocenters. The van der Waals surface area contributed by atoms with E-state index in [1.807, 2.05) is 0 Å². The minimum Gasteiger partial charge on any atom is -0.324 e. The number of amides is 3. The van der Waals surface area contributed by atoms with Crippen molar-refractivity contribution in [3.05, 3.63) is 69.8 Å². The highest BCUT2D eigenvalue weighted by Gasteiger charge is 2.47. The lowest BCUT2D eigenvalue weighted by Crippen LogP contribution is -2.54. The number of nitro groups is 1. The van der Waals surface area contributed by atoms with E-state index in [4.69, 9.17) is 0 Å². The lowest BCUT2D eigenvalue weighted by atomic mass is 10.0. The Bertz CT molecular complexity index is 1080. The maximum Gasteiger partial charge on any atom is 0.321 e. The van der Waals surface area contributed by atoms with Crippen LogP contribution in [0.25, 0.3) is 0 Å². The molecular weight excluding hydrogens is 442 g/mol. The molecule has 0 radical (unpaired) electrons. The van der Waals surface area contributed by atoms with Gasteiger partial charge >= 0.3 is 6.03 Å². The molecule has 0 aliphatic carbocycles. The van der Waals surface area contributed by atoms with E-state index in [0.29, 0.717) is 38.5 Å². The van der Waals surface area contributed by atoms with Gasteiger partial charge in [0.25, 0.3) is 11.6 Å². The van der Waals surface area contributed by atoms with Crippen molar-refractivity contribution in [1.29, 1.82) is 0 Å². The molecule has 0 saturated carbocycles. The van der Waals surface area contributed by atoms with E-state index >= 15 is 0 Å². The maximum absolute atomic E-state index is 13.8. The summed E-state index contributed by atoms with van der Waals surface area (Å²) in [6, 6.07) is 8.11. The van der Waals surface area contributed by atoms with Crippen molar-refractivity contribution >= 4 is 35.1 Å². The van der Waals surface area contributed by atoms with E-state index < -0.39 is 27.5 Å². The van der Waals surface area contributed by atoms with Gasteiger partial charge in [-0.25, -0.2) is 13.6 Å². The van der Waals surface area contributed by atoms with Crippen molar-refractivity contribution in [3.8, 4) is 0 Å². The average molecular weight is 462 g/mol.